The number of hydroxylamine groups is 1. The number of rotatable bonds is 5. The number of carbonyl (C=O) groups excluding carboxylic acids is 1. The van der Waals surface area contributed by atoms with Gasteiger partial charge in [-0.15, -0.1) is 0 Å². The molecule has 0 saturated heterocycles. The molecule has 0 aliphatic rings. The summed E-state index contributed by atoms with van der Waals surface area (Å²) in [4.78, 5) is 11.5. The van der Waals surface area contributed by atoms with E-state index in [-0.39, 0.29) is 12.1 Å². The van der Waals surface area contributed by atoms with Crippen molar-refractivity contribution in [2.45, 2.75) is 6.42 Å². The van der Waals surface area contributed by atoms with Crippen LogP contribution in [0.3, 0.4) is 0 Å². The van der Waals surface area contributed by atoms with Crippen molar-refractivity contribution in [1.29, 1.82) is 5.41 Å². The third kappa shape index (κ3) is 3.59. The number of benzene rings is 2. The van der Waals surface area contributed by atoms with E-state index in [9.17, 15) is 4.79 Å². The highest BCUT2D eigenvalue weighted by Crippen LogP contribution is 2.20. The number of nitrogens with one attached hydrogen (secondary N) is 2. The van der Waals surface area contributed by atoms with E-state index in [1.165, 1.54) is 0 Å². The Hall–Kier alpha value is -2.92. The molecule has 5 heteroatoms. The van der Waals surface area contributed by atoms with Gasteiger partial charge in [0, 0.05) is 11.3 Å². The van der Waals surface area contributed by atoms with Gasteiger partial charge >= 0.3 is 0 Å². The number of hydrogen-bond acceptors (Lipinski definition) is 4. The Morgan fingerprint density at radius 1 is 1.00 bits per heavy atom. The highest BCUT2D eigenvalue weighted by molar-refractivity contribution is 6.16. The zero-order valence-electron chi connectivity index (χ0n) is 11.9. The zero-order valence-corrected chi connectivity index (χ0v) is 11.9. The van der Waals surface area contributed by atoms with E-state index >= 15 is 0 Å². The summed E-state index contributed by atoms with van der Waals surface area (Å²) in [5.74, 6) is -0.616. The first-order valence-electron chi connectivity index (χ1n) is 6.74. The molecule has 112 valence electrons. The molecule has 0 spiro atoms. The average Bonchev–Trinajstić information content (AvgIpc) is 2.59. The lowest BCUT2D eigenvalue weighted by Crippen LogP contribution is -2.23. The average molecular weight is 295 g/mol. The summed E-state index contributed by atoms with van der Waals surface area (Å²) < 4.78 is 0. The molecule has 0 aliphatic carbocycles. The molecule has 0 heterocycles. The second-order valence-corrected chi connectivity index (χ2v) is 4.71. The minimum absolute atomic E-state index is 0.158. The van der Waals surface area contributed by atoms with E-state index < -0.39 is 5.91 Å². The first-order chi connectivity index (χ1) is 10.6. The van der Waals surface area contributed by atoms with Crippen LogP contribution in [0, 0.1) is 5.41 Å². The fourth-order valence-electron chi connectivity index (χ4n) is 2.09. The first kappa shape index (κ1) is 15.5. The van der Waals surface area contributed by atoms with Crippen molar-refractivity contribution in [2.75, 3.05) is 0 Å². The lowest BCUT2D eigenvalue weighted by atomic mass is 9.95. The standard InChI is InChI=1S/C17H17N3O2/c18-16(12-7-3-1-4-8-12)14(11-15(21)20-22)17(19)13-9-5-2-6-10-13/h1-10,18,22H,11,19H2,(H,20,21)/b17-14-,18-16?. The van der Waals surface area contributed by atoms with E-state index in [4.69, 9.17) is 16.4 Å². The minimum Gasteiger partial charge on any atom is -0.398 e. The summed E-state index contributed by atoms with van der Waals surface area (Å²) in [6.45, 7) is 0. The molecule has 0 bridgehead atoms. The van der Waals surface area contributed by atoms with Gasteiger partial charge < -0.3 is 5.73 Å². The Morgan fingerprint density at radius 3 is 2.00 bits per heavy atom. The van der Waals surface area contributed by atoms with Crippen molar-refractivity contribution in [3.05, 3.63) is 77.4 Å². The molecule has 2 aromatic rings. The molecule has 2 aromatic carbocycles. The lowest BCUT2D eigenvalue weighted by Gasteiger charge is -2.13. The Bertz CT molecular complexity index is 694. The summed E-state index contributed by atoms with van der Waals surface area (Å²) in [5.41, 5.74) is 9.99. The summed E-state index contributed by atoms with van der Waals surface area (Å²) in [7, 11) is 0. The molecular formula is C17H17N3O2. The van der Waals surface area contributed by atoms with Crippen LogP contribution < -0.4 is 11.2 Å². The van der Waals surface area contributed by atoms with Gasteiger partial charge in [0.15, 0.2) is 0 Å². The van der Waals surface area contributed by atoms with Crippen molar-refractivity contribution in [2.24, 2.45) is 5.73 Å². The van der Waals surface area contributed by atoms with Gasteiger partial charge in [-0.2, -0.15) is 0 Å². The molecule has 0 fully saturated rings. The predicted molar refractivity (Wildman–Crippen MR) is 85.4 cm³/mol. The Balaban J connectivity index is 2.47. The predicted octanol–water partition coefficient (Wildman–Crippen LogP) is 2.32. The lowest BCUT2D eigenvalue weighted by molar-refractivity contribution is -0.128. The number of carbonyl (C=O) groups is 1. The first-order valence-corrected chi connectivity index (χ1v) is 6.74. The summed E-state index contributed by atoms with van der Waals surface area (Å²) in [6, 6.07) is 18.2. The Labute approximate surface area is 128 Å². The molecule has 0 aromatic heterocycles. The van der Waals surface area contributed by atoms with E-state index in [0.29, 0.717) is 16.8 Å². The van der Waals surface area contributed by atoms with Crippen molar-refractivity contribution < 1.29 is 10.0 Å². The largest absolute Gasteiger partial charge is 0.398 e. The van der Waals surface area contributed by atoms with E-state index in [2.05, 4.69) is 0 Å². The number of amides is 1. The van der Waals surface area contributed by atoms with Crippen molar-refractivity contribution in [3.8, 4) is 0 Å². The molecule has 5 N–H and O–H groups in total. The Morgan fingerprint density at radius 2 is 1.50 bits per heavy atom. The molecule has 0 radical (unpaired) electrons. The van der Waals surface area contributed by atoms with E-state index in [0.717, 1.165) is 5.56 Å². The number of nitrogens with two attached hydrogens (primary N) is 1. The van der Waals surface area contributed by atoms with Gasteiger partial charge in [0.1, 0.15) is 0 Å². The summed E-state index contributed by atoms with van der Waals surface area (Å²) in [5, 5.41) is 17.1. The smallest absolute Gasteiger partial charge is 0.247 e. The van der Waals surface area contributed by atoms with Crippen LogP contribution in [0.15, 0.2) is 66.2 Å². The molecule has 0 saturated carbocycles. The second kappa shape index (κ2) is 7.19. The maximum absolute atomic E-state index is 11.5. The van der Waals surface area contributed by atoms with Crippen LogP contribution in [-0.2, 0) is 4.79 Å². The summed E-state index contributed by atoms with van der Waals surface area (Å²) >= 11 is 0. The quantitative estimate of drug-likeness (QED) is 0.387. The van der Waals surface area contributed by atoms with Crippen LogP contribution in [0.4, 0.5) is 0 Å². The van der Waals surface area contributed by atoms with Crippen LogP contribution in [0.2, 0.25) is 0 Å². The SMILES string of the molecule is N=C(/C(CC(=O)NO)=C(\N)c1ccccc1)c1ccccc1. The van der Waals surface area contributed by atoms with Gasteiger partial charge in [0.25, 0.3) is 0 Å². The van der Waals surface area contributed by atoms with Crippen LogP contribution >= 0.6 is 0 Å². The molecule has 22 heavy (non-hydrogen) atoms. The molecule has 0 unspecified atom stereocenters. The van der Waals surface area contributed by atoms with Gasteiger partial charge in [-0.3, -0.25) is 15.4 Å². The van der Waals surface area contributed by atoms with Gasteiger partial charge in [0.05, 0.1) is 12.1 Å². The van der Waals surface area contributed by atoms with Crippen LogP contribution in [0.5, 0.6) is 0 Å². The molecule has 5 nitrogen and oxygen atoms in total. The highest BCUT2D eigenvalue weighted by atomic mass is 16.5. The molecule has 2 rings (SSSR count). The fraction of sp³-hybridized carbons (Fsp3) is 0.0588. The fourth-order valence-corrected chi connectivity index (χ4v) is 2.09. The molecule has 0 atom stereocenters. The molecule has 1 amide bonds. The third-order valence-corrected chi connectivity index (χ3v) is 3.24. The van der Waals surface area contributed by atoms with E-state index in [1.807, 2.05) is 48.5 Å². The zero-order chi connectivity index (χ0) is 15.9. The normalized spacial score (nSPS) is 11.5. The van der Waals surface area contributed by atoms with Crippen LogP contribution in [0.25, 0.3) is 5.70 Å². The maximum atomic E-state index is 11.5. The van der Waals surface area contributed by atoms with Crippen molar-refractivity contribution in [3.63, 3.8) is 0 Å². The topological polar surface area (TPSA) is 99.2 Å². The van der Waals surface area contributed by atoms with Gasteiger partial charge in [-0.1, -0.05) is 60.7 Å². The number of hydrogen-bond donors (Lipinski definition) is 4. The van der Waals surface area contributed by atoms with E-state index in [1.54, 1.807) is 17.6 Å². The van der Waals surface area contributed by atoms with Crippen molar-refractivity contribution >= 4 is 17.3 Å². The van der Waals surface area contributed by atoms with Gasteiger partial charge in [-0.05, 0) is 11.1 Å². The molecule has 0 aliphatic heterocycles. The third-order valence-electron chi connectivity index (χ3n) is 3.24. The Kier molecular flexibility index (Phi) is 5.06. The highest BCUT2D eigenvalue weighted by Gasteiger charge is 2.16. The van der Waals surface area contributed by atoms with Gasteiger partial charge in [-0.25, -0.2) is 5.48 Å². The van der Waals surface area contributed by atoms with Crippen molar-refractivity contribution in [1.82, 2.24) is 5.48 Å². The monoisotopic (exact) mass is 295 g/mol. The summed E-state index contributed by atoms with van der Waals surface area (Å²) in [6.07, 6.45) is -0.176. The molecular weight excluding hydrogens is 278 g/mol. The van der Waals surface area contributed by atoms with Crippen LogP contribution in [-0.4, -0.2) is 16.8 Å². The maximum Gasteiger partial charge on any atom is 0.247 e. The van der Waals surface area contributed by atoms with Gasteiger partial charge in [0.2, 0.25) is 5.91 Å². The van der Waals surface area contributed by atoms with Crippen LogP contribution in [0.1, 0.15) is 17.5 Å². The minimum atomic E-state index is -0.616. The second-order valence-electron chi connectivity index (χ2n) is 4.71.